The normalized spacial score (nSPS) is 15.8. The zero-order chi connectivity index (χ0) is 17.6. The van der Waals surface area contributed by atoms with Crippen LogP contribution in [0.1, 0.15) is 18.4 Å². The van der Waals surface area contributed by atoms with Crippen LogP contribution in [0.25, 0.3) is 10.9 Å². The number of hydrogen-bond acceptors (Lipinski definition) is 4. The van der Waals surface area contributed by atoms with E-state index in [1.165, 1.54) is 0 Å². The summed E-state index contributed by atoms with van der Waals surface area (Å²) in [6.07, 6.45) is 4.28. The number of carbonyl (C=O) groups excluding carboxylic acids is 1. The molecule has 0 unspecified atom stereocenters. The second kappa shape index (κ2) is 8.04. The van der Waals surface area contributed by atoms with E-state index in [9.17, 15) is 4.79 Å². The molecule has 0 bridgehead atoms. The van der Waals surface area contributed by atoms with Gasteiger partial charge in [-0.15, -0.1) is 0 Å². The zero-order valence-electron chi connectivity index (χ0n) is 14.5. The van der Waals surface area contributed by atoms with E-state index in [-0.39, 0.29) is 5.91 Å². The molecule has 6 nitrogen and oxygen atoms in total. The summed E-state index contributed by atoms with van der Waals surface area (Å²) in [7, 11) is 1.64. The van der Waals surface area contributed by atoms with Crippen LogP contribution in [-0.2, 0) is 11.2 Å². The Labute approximate surface area is 147 Å². The summed E-state index contributed by atoms with van der Waals surface area (Å²) in [5, 5.41) is 12.8. The first-order chi connectivity index (χ1) is 12.2. The van der Waals surface area contributed by atoms with Crippen molar-refractivity contribution in [3.05, 3.63) is 30.0 Å². The SMILES string of the molecule is COc1cccc2[nH]cc(CC(=O)NCC3CCN(CC#N)CC3)c12. The number of aromatic amines is 1. The molecule has 25 heavy (non-hydrogen) atoms. The van der Waals surface area contributed by atoms with Gasteiger partial charge < -0.3 is 15.0 Å². The summed E-state index contributed by atoms with van der Waals surface area (Å²) in [5.74, 6) is 1.31. The van der Waals surface area contributed by atoms with Crippen LogP contribution < -0.4 is 10.1 Å². The molecule has 132 valence electrons. The Morgan fingerprint density at radius 1 is 1.44 bits per heavy atom. The maximum Gasteiger partial charge on any atom is 0.224 e. The average molecular weight is 340 g/mol. The van der Waals surface area contributed by atoms with E-state index in [0.717, 1.165) is 48.1 Å². The van der Waals surface area contributed by atoms with Gasteiger partial charge in [0.25, 0.3) is 0 Å². The highest BCUT2D eigenvalue weighted by molar-refractivity contribution is 5.93. The van der Waals surface area contributed by atoms with Crippen molar-refractivity contribution in [2.75, 3.05) is 33.3 Å². The van der Waals surface area contributed by atoms with E-state index >= 15 is 0 Å². The van der Waals surface area contributed by atoms with Gasteiger partial charge in [-0.1, -0.05) is 6.07 Å². The average Bonchev–Trinajstić information content (AvgIpc) is 3.04. The molecule has 0 radical (unpaired) electrons. The van der Waals surface area contributed by atoms with Crippen LogP contribution in [0.2, 0.25) is 0 Å². The van der Waals surface area contributed by atoms with Gasteiger partial charge in [-0.05, 0) is 49.5 Å². The predicted octanol–water partition coefficient (Wildman–Crippen LogP) is 2.07. The van der Waals surface area contributed by atoms with Crippen LogP contribution in [0.5, 0.6) is 5.75 Å². The highest BCUT2D eigenvalue weighted by atomic mass is 16.5. The lowest BCUT2D eigenvalue weighted by Gasteiger charge is -2.30. The third-order valence-corrected chi connectivity index (χ3v) is 4.91. The van der Waals surface area contributed by atoms with Crippen LogP contribution in [-0.4, -0.2) is 49.1 Å². The van der Waals surface area contributed by atoms with Crippen molar-refractivity contribution in [2.24, 2.45) is 5.92 Å². The van der Waals surface area contributed by atoms with E-state index < -0.39 is 0 Å². The molecule has 1 aliphatic heterocycles. The van der Waals surface area contributed by atoms with Gasteiger partial charge in [-0.25, -0.2) is 0 Å². The quantitative estimate of drug-likeness (QED) is 0.789. The summed E-state index contributed by atoms with van der Waals surface area (Å²) in [6, 6.07) is 8.01. The Kier molecular flexibility index (Phi) is 5.56. The first-order valence-electron chi connectivity index (χ1n) is 8.70. The summed E-state index contributed by atoms with van der Waals surface area (Å²) in [6.45, 7) is 3.09. The van der Waals surface area contributed by atoms with Crippen molar-refractivity contribution in [3.63, 3.8) is 0 Å². The number of amides is 1. The first kappa shape index (κ1) is 17.3. The molecule has 3 rings (SSSR count). The fourth-order valence-corrected chi connectivity index (χ4v) is 3.47. The number of nitrogens with zero attached hydrogens (tertiary/aromatic N) is 2. The zero-order valence-corrected chi connectivity index (χ0v) is 14.5. The third-order valence-electron chi connectivity index (χ3n) is 4.91. The van der Waals surface area contributed by atoms with Crippen molar-refractivity contribution in [1.82, 2.24) is 15.2 Å². The van der Waals surface area contributed by atoms with Crippen LogP contribution in [0.15, 0.2) is 24.4 Å². The maximum absolute atomic E-state index is 12.3. The van der Waals surface area contributed by atoms with Crippen molar-refractivity contribution >= 4 is 16.8 Å². The van der Waals surface area contributed by atoms with Gasteiger partial charge in [0, 0.05) is 23.6 Å². The minimum Gasteiger partial charge on any atom is -0.496 e. The topological polar surface area (TPSA) is 81.2 Å². The second-order valence-electron chi connectivity index (χ2n) is 6.56. The van der Waals surface area contributed by atoms with Crippen LogP contribution in [0.3, 0.4) is 0 Å². The summed E-state index contributed by atoms with van der Waals surface area (Å²) < 4.78 is 5.41. The molecule has 0 atom stereocenters. The number of rotatable bonds is 6. The highest BCUT2D eigenvalue weighted by Gasteiger charge is 2.20. The minimum atomic E-state index is 0.0336. The first-order valence-corrected chi connectivity index (χ1v) is 8.70. The predicted molar refractivity (Wildman–Crippen MR) is 96.3 cm³/mol. The Bertz CT molecular complexity index is 769. The summed E-state index contributed by atoms with van der Waals surface area (Å²) in [5.41, 5.74) is 1.93. The van der Waals surface area contributed by atoms with Crippen molar-refractivity contribution in [2.45, 2.75) is 19.3 Å². The number of aromatic nitrogens is 1. The molecule has 0 saturated carbocycles. The number of H-pyrrole nitrogens is 1. The van der Waals surface area contributed by atoms with Gasteiger partial charge >= 0.3 is 0 Å². The van der Waals surface area contributed by atoms with Crippen LogP contribution in [0, 0.1) is 17.2 Å². The Balaban J connectivity index is 1.53. The van der Waals surface area contributed by atoms with Crippen molar-refractivity contribution in [3.8, 4) is 11.8 Å². The molecule has 2 heterocycles. The maximum atomic E-state index is 12.3. The fourth-order valence-electron chi connectivity index (χ4n) is 3.47. The molecule has 1 aromatic carbocycles. The molecule has 1 aromatic heterocycles. The monoisotopic (exact) mass is 340 g/mol. The van der Waals surface area contributed by atoms with Crippen molar-refractivity contribution in [1.29, 1.82) is 5.26 Å². The third kappa shape index (κ3) is 4.12. The molecular formula is C19H24N4O2. The molecule has 2 N–H and O–H groups in total. The van der Waals surface area contributed by atoms with Crippen molar-refractivity contribution < 1.29 is 9.53 Å². The number of likely N-dealkylation sites (tertiary alicyclic amines) is 1. The number of benzene rings is 1. The van der Waals surface area contributed by atoms with Gasteiger partial charge in [0.1, 0.15) is 5.75 Å². The number of nitrogens with one attached hydrogen (secondary N) is 2. The Morgan fingerprint density at radius 3 is 2.96 bits per heavy atom. The molecule has 1 amide bonds. The minimum absolute atomic E-state index is 0.0336. The lowest BCUT2D eigenvalue weighted by Crippen LogP contribution is -2.39. The van der Waals surface area contributed by atoms with E-state index in [2.05, 4.69) is 21.3 Å². The number of hydrogen-bond donors (Lipinski definition) is 2. The van der Waals surface area contributed by atoms with Gasteiger partial charge in [0.05, 0.1) is 26.1 Å². The van der Waals surface area contributed by atoms with Gasteiger partial charge in [-0.3, -0.25) is 9.69 Å². The molecule has 0 aliphatic carbocycles. The number of methoxy groups -OCH3 is 1. The number of carbonyl (C=O) groups is 1. The summed E-state index contributed by atoms with van der Waals surface area (Å²) in [4.78, 5) is 17.7. The molecule has 0 spiro atoms. The number of fused-ring (bicyclic) bond motifs is 1. The molecule has 1 aliphatic rings. The van der Waals surface area contributed by atoms with Crippen LogP contribution >= 0.6 is 0 Å². The summed E-state index contributed by atoms with van der Waals surface area (Å²) >= 11 is 0. The van der Waals surface area contributed by atoms with E-state index in [1.54, 1.807) is 7.11 Å². The number of piperidine rings is 1. The smallest absolute Gasteiger partial charge is 0.224 e. The molecule has 2 aromatic rings. The van der Waals surface area contributed by atoms with Gasteiger partial charge in [-0.2, -0.15) is 5.26 Å². The Hall–Kier alpha value is -2.52. The molecule has 1 fully saturated rings. The standard InChI is InChI=1S/C19H24N4O2/c1-25-17-4-2-3-16-19(17)15(13-21-16)11-18(24)22-12-14-5-8-23(9-6-14)10-7-20/h2-4,13-14,21H,5-6,8-12H2,1H3,(H,22,24). The lowest BCUT2D eigenvalue weighted by molar-refractivity contribution is -0.120. The van der Waals surface area contributed by atoms with E-state index in [1.807, 2.05) is 24.4 Å². The molecule has 6 heteroatoms. The lowest BCUT2D eigenvalue weighted by atomic mass is 9.96. The van der Waals surface area contributed by atoms with E-state index in [0.29, 0.717) is 25.4 Å². The van der Waals surface area contributed by atoms with E-state index in [4.69, 9.17) is 10.00 Å². The van der Waals surface area contributed by atoms with Gasteiger partial charge in [0.2, 0.25) is 5.91 Å². The van der Waals surface area contributed by atoms with Crippen LogP contribution in [0.4, 0.5) is 0 Å². The molecule has 1 saturated heterocycles. The number of ether oxygens (including phenoxy) is 1. The largest absolute Gasteiger partial charge is 0.496 e. The molecular weight excluding hydrogens is 316 g/mol. The second-order valence-corrected chi connectivity index (χ2v) is 6.56. The number of nitriles is 1. The fraction of sp³-hybridized carbons (Fsp3) is 0.474. The Morgan fingerprint density at radius 2 is 2.24 bits per heavy atom. The van der Waals surface area contributed by atoms with Gasteiger partial charge in [0.15, 0.2) is 0 Å². The highest BCUT2D eigenvalue weighted by Crippen LogP contribution is 2.28.